The highest BCUT2D eigenvalue weighted by atomic mass is 127. The van der Waals surface area contributed by atoms with Crippen LogP contribution in [-0.4, -0.2) is 8.96 Å². The highest BCUT2D eigenvalue weighted by molar-refractivity contribution is 14.2. The van der Waals surface area contributed by atoms with Gasteiger partial charge in [-0.2, -0.15) is 0 Å². The molecule has 0 aliphatic rings. The number of rotatable bonds is 2. The molecule has 0 atom stereocenters. The van der Waals surface area contributed by atoms with Crippen molar-refractivity contribution in [1.29, 1.82) is 0 Å². The minimum absolute atomic E-state index is 0.547. The molecular weight excluding hydrogens is 297 g/mol. The summed E-state index contributed by atoms with van der Waals surface area (Å²) in [6, 6.07) is 4.12. The summed E-state index contributed by atoms with van der Waals surface area (Å²) in [6.07, 6.45) is 3.83. The van der Waals surface area contributed by atoms with Crippen molar-refractivity contribution in [2.75, 3.05) is 0 Å². The zero-order valence-electron chi connectivity index (χ0n) is 6.77. The molecular formula is C8H8IN3S. The monoisotopic (exact) mass is 305 g/mol. The number of hydrogen-bond acceptors (Lipinski definition) is 3. The second-order valence-electron chi connectivity index (χ2n) is 2.67. The van der Waals surface area contributed by atoms with Gasteiger partial charge in [-0.1, -0.05) is 0 Å². The maximum atomic E-state index is 5.53. The number of hydrogen-bond donors (Lipinski definition) is 1. The van der Waals surface area contributed by atoms with Crippen LogP contribution in [0.3, 0.4) is 0 Å². The molecule has 13 heavy (non-hydrogen) atoms. The van der Waals surface area contributed by atoms with Crippen molar-refractivity contribution in [3.05, 3.63) is 30.1 Å². The topological polar surface area (TPSA) is 43.8 Å². The van der Waals surface area contributed by atoms with E-state index in [1.807, 2.05) is 22.4 Å². The maximum Gasteiger partial charge on any atom is 0.150 e. The van der Waals surface area contributed by atoms with E-state index in [1.165, 1.54) is 0 Å². The predicted molar refractivity (Wildman–Crippen MR) is 64.6 cm³/mol. The number of halogens is 1. The Kier molecular flexibility index (Phi) is 2.75. The maximum absolute atomic E-state index is 5.53. The number of fused-ring (bicyclic) bond motifs is 1. The van der Waals surface area contributed by atoms with Gasteiger partial charge in [-0.05, 0) is 17.7 Å². The molecule has 2 N–H and O–H groups in total. The van der Waals surface area contributed by atoms with Crippen LogP contribution in [-0.2, 0) is 6.54 Å². The molecule has 0 saturated heterocycles. The van der Waals surface area contributed by atoms with E-state index in [0.29, 0.717) is 6.54 Å². The summed E-state index contributed by atoms with van der Waals surface area (Å²) in [7, 11) is 1.61. The first-order valence-corrected chi connectivity index (χ1v) is 7.12. The van der Waals surface area contributed by atoms with Crippen LogP contribution >= 0.6 is 30.3 Å². The van der Waals surface area contributed by atoms with Gasteiger partial charge in [0.2, 0.25) is 0 Å². The number of aromatic nitrogens is 2. The molecule has 2 aromatic rings. The highest BCUT2D eigenvalue weighted by Gasteiger charge is 2.01. The summed E-state index contributed by atoms with van der Waals surface area (Å²) < 4.78 is 2.02. The van der Waals surface area contributed by atoms with Crippen molar-refractivity contribution < 1.29 is 0 Å². The molecule has 0 radical (unpaired) electrons. The molecule has 0 aliphatic heterocycles. The number of nitrogens with zero attached hydrogens (tertiary/aromatic N) is 2. The standard InChI is InChI=1S/C8H8IN3S/c9-13-12-2-1-7-3-6(4-10)5-11-8(7)12/h1-3,5H,4,10H2. The van der Waals surface area contributed by atoms with Crippen LogP contribution < -0.4 is 5.73 Å². The Bertz CT molecular complexity index is 426. The quantitative estimate of drug-likeness (QED) is 0.866. The zero-order chi connectivity index (χ0) is 9.26. The first kappa shape index (κ1) is 9.29. The van der Waals surface area contributed by atoms with Gasteiger partial charge in [0.25, 0.3) is 0 Å². The first-order chi connectivity index (χ1) is 6.35. The average Bonchev–Trinajstić information content (AvgIpc) is 2.59. The van der Waals surface area contributed by atoms with Crippen LogP contribution in [0.15, 0.2) is 24.5 Å². The Hall–Kier alpha value is -0.270. The van der Waals surface area contributed by atoms with E-state index in [9.17, 15) is 0 Å². The lowest BCUT2D eigenvalue weighted by Crippen LogP contribution is -1.96. The average molecular weight is 305 g/mol. The van der Waals surface area contributed by atoms with Gasteiger partial charge in [-0.3, -0.25) is 3.97 Å². The smallest absolute Gasteiger partial charge is 0.150 e. The summed E-state index contributed by atoms with van der Waals surface area (Å²) in [5.74, 6) is 0. The summed E-state index contributed by atoms with van der Waals surface area (Å²) in [5.41, 5.74) is 7.60. The van der Waals surface area contributed by atoms with Gasteiger partial charge in [0.1, 0.15) is 0 Å². The molecule has 0 aromatic carbocycles. The molecule has 0 spiro atoms. The largest absolute Gasteiger partial charge is 0.326 e. The molecule has 0 fully saturated rings. The molecule has 68 valence electrons. The number of pyridine rings is 1. The molecule has 0 unspecified atom stereocenters. The second kappa shape index (κ2) is 3.85. The van der Waals surface area contributed by atoms with E-state index in [2.05, 4.69) is 32.3 Å². The van der Waals surface area contributed by atoms with Crippen molar-refractivity contribution in [2.24, 2.45) is 5.73 Å². The highest BCUT2D eigenvalue weighted by Crippen LogP contribution is 2.23. The summed E-state index contributed by atoms with van der Waals surface area (Å²) in [4.78, 5) is 4.34. The Labute approximate surface area is 92.4 Å². The van der Waals surface area contributed by atoms with Gasteiger partial charge in [0, 0.05) is 54.6 Å². The molecule has 0 bridgehead atoms. The van der Waals surface area contributed by atoms with Gasteiger partial charge in [0.15, 0.2) is 5.65 Å². The van der Waals surface area contributed by atoms with Gasteiger partial charge in [-0.15, -0.1) is 0 Å². The van der Waals surface area contributed by atoms with Gasteiger partial charge in [0.05, 0.1) is 0 Å². The Balaban J connectivity index is 2.61. The fourth-order valence-electron chi connectivity index (χ4n) is 1.21. The Morgan fingerprint density at radius 3 is 3.15 bits per heavy atom. The molecule has 2 heterocycles. The first-order valence-electron chi connectivity index (χ1n) is 3.80. The lowest BCUT2D eigenvalue weighted by Gasteiger charge is -1.98. The molecule has 3 nitrogen and oxygen atoms in total. The van der Waals surface area contributed by atoms with E-state index in [0.717, 1.165) is 16.6 Å². The van der Waals surface area contributed by atoms with Crippen molar-refractivity contribution >= 4 is 41.4 Å². The van der Waals surface area contributed by atoms with E-state index < -0.39 is 0 Å². The van der Waals surface area contributed by atoms with E-state index in [1.54, 1.807) is 9.12 Å². The van der Waals surface area contributed by atoms with Crippen LogP contribution in [0.2, 0.25) is 0 Å². The van der Waals surface area contributed by atoms with Crippen molar-refractivity contribution in [3.63, 3.8) is 0 Å². The molecule has 0 saturated carbocycles. The van der Waals surface area contributed by atoms with Gasteiger partial charge in [-0.25, -0.2) is 4.98 Å². The van der Waals surface area contributed by atoms with E-state index >= 15 is 0 Å². The lowest BCUT2D eigenvalue weighted by atomic mass is 10.2. The van der Waals surface area contributed by atoms with Crippen LogP contribution in [0.25, 0.3) is 11.0 Å². The number of nitrogens with two attached hydrogens (primary N) is 1. The third-order valence-electron chi connectivity index (χ3n) is 1.86. The molecule has 2 aromatic heterocycles. The SMILES string of the molecule is NCc1cnc2c(ccn2SI)c1. The molecule has 2 rings (SSSR count). The zero-order valence-corrected chi connectivity index (χ0v) is 9.75. The predicted octanol–water partition coefficient (Wildman–Crippen LogP) is 2.34. The third-order valence-corrected chi connectivity index (χ3v) is 3.58. The lowest BCUT2D eigenvalue weighted by molar-refractivity contribution is 1.06. The summed E-state index contributed by atoms with van der Waals surface area (Å²) in [6.45, 7) is 0.547. The summed E-state index contributed by atoms with van der Waals surface area (Å²) in [5, 5.41) is 1.15. The van der Waals surface area contributed by atoms with Crippen LogP contribution in [0.4, 0.5) is 0 Å². The molecule has 0 amide bonds. The van der Waals surface area contributed by atoms with E-state index in [4.69, 9.17) is 5.73 Å². The van der Waals surface area contributed by atoms with Crippen molar-refractivity contribution in [3.8, 4) is 0 Å². The van der Waals surface area contributed by atoms with Crippen LogP contribution in [0.1, 0.15) is 5.56 Å². The van der Waals surface area contributed by atoms with Crippen LogP contribution in [0, 0.1) is 0 Å². The fourth-order valence-corrected chi connectivity index (χ4v) is 2.49. The normalized spacial score (nSPS) is 10.9. The Morgan fingerprint density at radius 2 is 2.46 bits per heavy atom. The third kappa shape index (κ3) is 1.68. The molecule has 0 aliphatic carbocycles. The van der Waals surface area contributed by atoms with Crippen molar-refractivity contribution in [1.82, 2.24) is 8.96 Å². The van der Waals surface area contributed by atoms with Crippen LogP contribution in [0.5, 0.6) is 0 Å². The van der Waals surface area contributed by atoms with Gasteiger partial charge >= 0.3 is 0 Å². The van der Waals surface area contributed by atoms with Crippen molar-refractivity contribution in [2.45, 2.75) is 6.54 Å². The van der Waals surface area contributed by atoms with Gasteiger partial charge < -0.3 is 5.73 Å². The molecule has 5 heteroatoms. The minimum atomic E-state index is 0.547. The Morgan fingerprint density at radius 1 is 1.62 bits per heavy atom. The van der Waals surface area contributed by atoms with E-state index in [-0.39, 0.29) is 0 Å². The minimum Gasteiger partial charge on any atom is -0.326 e. The summed E-state index contributed by atoms with van der Waals surface area (Å²) >= 11 is 2.23. The second-order valence-corrected chi connectivity index (χ2v) is 4.38. The fraction of sp³-hybridized carbons (Fsp3) is 0.125.